The molecule has 1 atom stereocenters. The first-order chi connectivity index (χ1) is 12.6. The normalized spacial score (nSPS) is 16.3. The van der Waals surface area contributed by atoms with E-state index >= 15 is 0 Å². The summed E-state index contributed by atoms with van der Waals surface area (Å²) >= 11 is 0. The van der Waals surface area contributed by atoms with Crippen molar-refractivity contribution in [1.82, 2.24) is 0 Å². The molecule has 2 aromatic carbocycles. The predicted octanol–water partition coefficient (Wildman–Crippen LogP) is 3.78. The molecule has 5 heteroatoms. The maximum Gasteiger partial charge on any atom is 0.258 e. The fourth-order valence-corrected chi connectivity index (χ4v) is 3.18. The van der Waals surface area contributed by atoms with Gasteiger partial charge < -0.3 is 15.0 Å². The lowest BCUT2D eigenvalue weighted by Crippen LogP contribution is -2.31. The third kappa shape index (κ3) is 3.94. The summed E-state index contributed by atoms with van der Waals surface area (Å²) in [5.74, 6) is -0.242. The molecule has 1 saturated heterocycles. The van der Waals surface area contributed by atoms with Gasteiger partial charge in [0, 0.05) is 30.1 Å². The Hall–Kier alpha value is -2.66. The second-order valence-electron chi connectivity index (χ2n) is 6.41. The van der Waals surface area contributed by atoms with E-state index in [-0.39, 0.29) is 11.8 Å². The molecule has 1 heterocycles. The Bertz CT molecular complexity index is 797. The molecular weight excluding hydrogens is 328 g/mol. The van der Waals surface area contributed by atoms with Crippen molar-refractivity contribution in [3.8, 4) is 0 Å². The minimum Gasteiger partial charge on any atom is -0.368 e. The van der Waals surface area contributed by atoms with Crippen LogP contribution in [0.2, 0.25) is 0 Å². The van der Waals surface area contributed by atoms with Crippen molar-refractivity contribution in [2.24, 2.45) is 0 Å². The van der Waals surface area contributed by atoms with Crippen molar-refractivity contribution in [2.75, 3.05) is 23.4 Å². The molecule has 0 unspecified atom stereocenters. The standard InChI is InChI=1S/C21H24N2O3/c1-3-23(18-11-5-4-8-15(18)2)21(25)16-9-6-10-17(14-16)22-20(24)19-12-7-13-26-19/h4-6,8-11,14,19H,3,7,12-13H2,1-2H3,(H,22,24)/t19-/m0/s1. The summed E-state index contributed by atoms with van der Waals surface area (Å²) in [4.78, 5) is 27.0. The lowest BCUT2D eigenvalue weighted by molar-refractivity contribution is -0.124. The number of benzene rings is 2. The van der Waals surface area contributed by atoms with Crippen molar-refractivity contribution in [2.45, 2.75) is 32.8 Å². The Morgan fingerprint density at radius 1 is 1.19 bits per heavy atom. The van der Waals surface area contributed by atoms with Crippen molar-refractivity contribution < 1.29 is 14.3 Å². The zero-order valence-corrected chi connectivity index (χ0v) is 15.2. The average Bonchev–Trinajstić information content (AvgIpc) is 3.19. The van der Waals surface area contributed by atoms with Crippen LogP contribution in [-0.4, -0.2) is 31.1 Å². The molecule has 1 N–H and O–H groups in total. The number of anilines is 2. The van der Waals surface area contributed by atoms with Gasteiger partial charge in [0.05, 0.1) is 0 Å². The van der Waals surface area contributed by atoms with Gasteiger partial charge in [-0.2, -0.15) is 0 Å². The van der Waals surface area contributed by atoms with E-state index in [2.05, 4.69) is 5.32 Å². The summed E-state index contributed by atoms with van der Waals surface area (Å²) < 4.78 is 5.40. The predicted molar refractivity (Wildman–Crippen MR) is 103 cm³/mol. The fourth-order valence-electron chi connectivity index (χ4n) is 3.18. The number of rotatable bonds is 5. The van der Waals surface area contributed by atoms with E-state index in [9.17, 15) is 9.59 Å². The van der Waals surface area contributed by atoms with E-state index in [4.69, 9.17) is 4.74 Å². The maximum absolute atomic E-state index is 13.0. The Balaban J connectivity index is 1.79. The molecule has 0 spiro atoms. The summed E-state index contributed by atoms with van der Waals surface area (Å²) in [6, 6.07) is 14.9. The molecule has 0 bridgehead atoms. The Morgan fingerprint density at radius 3 is 2.69 bits per heavy atom. The van der Waals surface area contributed by atoms with Crippen molar-refractivity contribution in [1.29, 1.82) is 0 Å². The SMILES string of the molecule is CCN(C(=O)c1cccc(NC(=O)[C@@H]2CCCO2)c1)c1ccccc1C. The molecule has 0 aliphatic carbocycles. The van der Waals surface area contributed by atoms with Crippen LogP contribution in [0.1, 0.15) is 35.7 Å². The van der Waals surface area contributed by atoms with Crippen molar-refractivity contribution in [3.63, 3.8) is 0 Å². The van der Waals surface area contributed by atoms with Crippen molar-refractivity contribution >= 4 is 23.2 Å². The number of amides is 2. The van der Waals surface area contributed by atoms with Gasteiger partial charge >= 0.3 is 0 Å². The minimum atomic E-state index is -0.395. The minimum absolute atomic E-state index is 0.0879. The second kappa shape index (κ2) is 8.15. The summed E-state index contributed by atoms with van der Waals surface area (Å²) in [5, 5.41) is 2.85. The molecule has 0 radical (unpaired) electrons. The molecule has 2 aromatic rings. The van der Waals surface area contributed by atoms with Gasteiger partial charge in [0.25, 0.3) is 11.8 Å². The summed E-state index contributed by atoms with van der Waals surface area (Å²) in [6.45, 7) is 5.13. The van der Waals surface area contributed by atoms with Gasteiger partial charge in [-0.05, 0) is 56.5 Å². The van der Waals surface area contributed by atoms with Gasteiger partial charge in [0.1, 0.15) is 6.10 Å². The van der Waals surface area contributed by atoms with Gasteiger partial charge in [-0.1, -0.05) is 24.3 Å². The number of nitrogens with one attached hydrogen (secondary N) is 1. The number of para-hydroxylation sites is 1. The first kappa shape index (κ1) is 18.1. The Morgan fingerprint density at radius 2 is 2.00 bits per heavy atom. The van der Waals surface area contributed by atoms with E-state index < -0.39 is 6.10 Å². The van der Waals surface area contributed by atoms with Crippen LogP contribution in [0.25, 0.3) is 0 Å². The van der Waals surface area contributed by atoms with E-state index in [0.717, 1.165) is 24.1 Å². The molecule has 0 aromatic heterocycles. The number of carbonyl (C=O) groups excluding carboxylic acids is 2. The third-order valence-electron chi connectivity index (χ3n) is 4.57. The van der Waals surface area contributed by atoms with Gasteiger partial charge in [-0.25, -0.2) is 0 Å². The highest BCUT2D eigenvalue weighted by Gasteiger charge is 2.24. The topological polar surface area (TPSA) is 58.6 Å². The molecule has 1 fully saturated rings. The molecule has 1 aliphatic heterocycles. The van der Waals surface area contributed by atoms with Gasteiger partial charge in [-0.15, -0.1) is 0 Å². The van der Waals surface area contributed by atoms with Crippen LogP contribution < -0.4 is 10.2 Å². The second-order valence-corrected chi connectivity index (χ2v) is 6.41. The molecule has 5 nitrogen and oxygen atoms in total. The third-order valence-corrected chi connectivity index (χ3v) is 4.57. The van der Waals surface area contributed by atoms with E-state index in [1.165, 1.54) is 0 Å². The Kier molecular flexibility index (Phi) is 5.68. The molecule has 2 amide bonds. The highest BCUT2D eigenvalue weighted by Crippen LogP contribution is 2.23. The summed E-state index contributed by atoms with van der Waals surface area (Å²) in [5.41, 5.74) is 3.09. The molecule has 26 heavy (non-hydrogen) atoms. The van der Waals surface area contributed by atoms with E-state index in [1.54, 1.807) is 29.2 Å². The number of nitrogens with zero attached hydrogens (tertiary/aromatic N) is 1. The maximum atomic E-state index is 13.0. The number of carbonyl (C=O) groups is 2. The Labute approximate surface area is 154 Å². The molecule has 3 rings (SSSR count). The van der Waals surface area contributed by atoms with Crippen LogP contribution in [0, 0.1) is 6.92 Å². The summed E-state index contributed by atoms with van der Waals surface area (Å²) in [6.07, 6.45) is 1.24. The molecule has 136 valence electrons. The molecular formula is C21H24N2O3. The average molecular weight is 352 g/mol. The van der Waals surface area contributed by atoms with Gasteiger partial charge in [0.2, 0.25) is 0 Å². The first-order valence-corrected chi connectivity index (χ1v) is 9.00. The highest BCUT2D eigenvalue weighted by atomic mass is 16.5. The van der Waals surface area contributed by atoms with Crippen LogP contribution in [0.3, 0.4) is 0 Å². The summed E-state index contributed by atoms with van der Waals surface area (Å²) in [7, 11) is 0. The molecule has 1 aliphatic rings. The van der Waals surface area contributed by atoms with Gasteiger partial charge in [0.15, 0.2) is 0 Å². The smallest absolute Gasteiger partial charge is 0.258 e. The fraction of sp³-hybridized carbons (Fsp3) is 0.333. The monoisotopic (exact) mass is 352 g/mol. The molecule has 0 saturated carbocycles. The quantitative estimate of drug-likeness (QED) is 0.891. The number of hydrogen-bond acceptors (Lipinski definition) is 3. The van der Waals surface area contributed by atoms with E-state index in [0.29, 0.717) is 24.4 Å². The zero-order chi connectivity index (χ0) is 18.5. The zero-order valence-electron chi connectivity index (χ0n) is 15.2. The number of hydrogen-bond donors (Lipinski definition) is 1. The van der Waals surface area contributed by atoms with Crippen LogP contribution in [0.5, 0.6) is 0 Å². The highest BCUT2D eigenvalue weighted by molar-refractivity contribution is 6.07. The van der Waals surface area contributed by atoms with Crippen LogP contribution in [0.15, 0.2) is 48.5 Å². The van der Waals surface area contributed by atoms with Gasteiger partial charge in [-0.3, -0.25) is 9.59 Å². The van der Waals surface area contributed by atoms with Crippen LogP contribution >= 0.6 is 0 Å². The van der Waals surface area contributed by atoms with Crippen LogP contribution in [-0.2, 0) is 9.53 Å². The van der Waals surface area contributed by atoms with E-state index in [1.807, 2.05) is 38.1 Å². The number of aryl methyl sites for hydroxylation is 1. The lowest BCUT2D eigenvalue weighted by Gasteiger charge is -2.23. The lowest BCUT2D eigenvalue weighted by atomic mass is 10.1. The van der Waals surface area contributed by atoms with Crippen molar-refractivity contribution in [3.05, 3.63) is 59.7 Å². The number of ether oxygens (including phenoxy) is 1. The van der Waals surface area contributed by atoms with Crippen LogP contribution in [0.4, 0.5) is 11.4 Å². The largest absolute Gasteiger partial charge is 0.368 e. The first-order valence-electron chi connectivity index (χ1n) is 9.00.